The lowest BCUT2D eigenvalue weighted by Crippen LogP contribution is -2.61. The van der Waals surface area contributed by atoms with Crippen LogP contribution in [0.4, 0.5) is 0 Å². The van der Waals surface area contributed by atoms with E-state index in [0.29, 0.717) is 5.69 Å². The molecule has 0 aromatic carbocycles. The lowest BCUT2D eigenvalue weighted by atomic mass is 9.57. The number of nitrogens with zero attached hydrogens (tertiary/aromatic N) is 9. The fraction of sp³-hybridized carbons (Fsp3) is 0.400. The molecule has 3 aliphatic carbocycles. The first-order chi connectivity index (χ1) is 18.1. The molecule has 3 aliphatic rings. The Kier molecular flexibility index (Phi) is 6.72. The Morgan fingerprint density at radius 1 is 1.29 bits per heavy atom. The number of Topliss-reactive ketones (excluding diaryl/α,β-unsaturated/α-hetero) is 1. The summed E-state index contributed by atoms with van der Waals surface area (Å²) < 4.78 is 0. The van der Waals surface area contributed by atoms with E-state index in [9.17, 15) is 24.2 Å². The van der Waals surface area contributed by atoms with Crippen molar-refractivity contribution in [3.05, 3.63) is 87.0 Å². The van der Waals surface area contributed by atoms with Gasteiger partial charge in [-0.05, 0) is 40.5 Å². The van der Waals surface area contributed by atoms with Gasteiger partial charge in [-0.3, -0.25) is 19.9 Å². The highest BCUT2D eigenvalue weighted by Gasteiger charge is 2.58. The number of aromatic nitrogens is 1. The highest BCUT2D eigenvalue weighted by molar-refractivity contribution is 6.23. The topological polar surface area (TPSA) is 289 Å². The number of nitrogens with one attached hydrogen (secondary N) is 3. The summed E-state index contributed by atoms with van der Waals surface area (Å²) in [6, 6.07) is 0.0172. The monoisotopic (exact) mass is 521 g/mol. The molecule has 1 amide bonds. The van der Waals surface area contributed by atoms with Gasteiger partial charge in [-0.15, -0.1) is 15.3 Å². The number of amides is 1. The molecule has 0 spiro atoms. The number of ketones is 1. The smallest absolute Gasteiger partial charge is 0.347 e. The van der Waals surface area contributed by atoms with Gasteiger partial charge in [0, 0.05) is 34.9 Å². The second-order valence-corrected chi connectivity index (χ2v) is 9.02. The van der Waals surface area contributed by atoms with Crippen LogP contribution in [-0.2, 0) is 16.0 Å². The van der Waals surface area contributed by atoms with Gasteiger partial charge in [0.1, 0.15) is 17.0 Å². The van der Waals surface area contributed by atoms with Crippen LogP contribution < -0.4 is 16.6 Å². The second-order valence-electron chi connectivity index (χ2n) is 9.02. The molecule has 1 unspecified atom stereocenters. The van der Waals surface area contributed by atoms with Crippen LogP contribution in [0.3, 0.4) is 0 Å². The molecule has 5 N–H and O–H groups in total. The maximum absolute atomic E-state index is 13.7. The summed E-state index contributed by atoms with van der Waals surface area (Å²) in [5.74, 6) is -4.77. The quantitative estimate of drug-likeness (QED) is 0.101. The first kappa shape index (κ1) is 26.1. The lowest BCUT2D eigenvalue weighted by Gasteiger charge is -2.50. The molecule has 4 rings (SSSR count). The molecule has 1 heterocycles. The summed E-state index contributed by atoms with van der Waals surface area (Å²) in [6.45, 7) is -0.327. The average molecular weight is 521 g/mol. The van der Waals surface area contributed by atoms with Gasteiger partial charge in [-0.1, -0.05) is 5.11 Å². The maximum Gasteiger partial charge on any atom is 0.347 e. The number of pyridine rings is 1. The number of likely N-dealkylation sites (N-methyl/N-ethyl adjacent to an activating group) is 1. The third-order valence-electron chi connectivity index (χ3n) is 7.02. The number of aromatic amines is 1. The van der Waals surface area contributed by atoms with Gasteiger partial charge in [-0.25, -0.2) is 4.79 Å². The van der Waals surface area contributed by atoms with Crippen molar-refractivity contribution in [3.8, 4) is 0 Å². The third-order valence-corrected chi connectivity index (χ3v) is 7.02. The van der Waals surface area contributed by atoms with Crippen molar-refractivity contribution < 1.29 is 9.59 Å². The molecule has 38 heavy (non-hydrogen) atoms. The Hall–Kier alpha value is -5.02. The van der Waals surface area contributed by atoms with E-state index in [1.807, 2.05) is 0 Å². The number of allylic oxidation sites excluding steroid dienone is 1. The molecular weight excluding hydrogens is 502 g/mol. The molecule has 1 aromatic rings. The number of nitroso groups, excluding NO2 is 2. The summed E-state index contributed by atoms with van der Waals surface area (Å²) in [5, 5.41) is 21.1. The van der Waals surface area contributed by atoms with E-state index >= 15 is 0 Å². The molecule has 0 aliphatic heterocycles. The first-order valence-electron chi connectivity index (χ1n) is 11.0. The Morgan fingerprint density at radius 2 is 2.00 bits per heavy atom. The van der Waals surface area contributed by atoms with Crippen LogP contribution in [-0.4, -0.2) is 52.6 Å². The summed E-state index contributed by atoms with van der Waals surface area (Å²) in [4.78, 5) is 72.8. The van der Waals surface area contributed by atoms with Gasteiger partial charge in [0.2, 0.25) is 0 Å². The number of hydrogen-bond acceptors (Lipinski definition) is 12. The highest BCUT2D eigenvalue weighted by Crippen LogP contribution is 2.51. The molecule has 4 atom stereocenters. The Morgan fingerprint density at radius 3 is 2.63 bits per heavy atom. The molecule has 0 radical (unpaired) electrons. The normalized spacial score (nSPS) is 25.9. The van der Waals surface area contributed by atoms with E-state index < -0.39 is 57.5 Å². The van der Waals surface area contributed by atoms with Crippen molar-refractivity contribution in [1.29, 1.82) is 5.41 Å². The minimum absolute atomic E-state index is 0.0306. The maximum atomic E-state index is 13.7. The molecule has 0 bridgehead atoms. The van der Waals surface area contributed by atoms with Crippen molar-refractivity contribution >= 4 is 17.4 Å². The number of rotatable bonds is 7. The number of H-pyrrole nitrogens is 1. The van der Waals surface area contributed by atoms with Crippen LogP contribution in [0.25, 0.3) is 20.9 Å². The van der Waals surface area contributed by atoms with Crippen molar-refractivity contribution in [1.82, 2.24) is 15.3 Å². The molecule has 194 valence electrons. The van der Waals surface area contributed by atoms with Crippen molar-refractivity contribution in [2.75, 3.05) is 13.7 Å². The fourth-order valence-electron chi connectivity index (χ4n) is 5.72. The number of fused-ring (bicyclic) bond motifs is 3. The lowest BCUT2D eigenvalue weighted by molar-refractivity contribution is -0.126. The minimum Gasteiger partial charge on any atom is -0.364 e. The van der Waals surface area contributed by atoms with Crippen LogP contribution >= 0.6 is 0 Å². The van der Waals surface area contributed by atoms with E-state index in [2.05, 4.69) is 35.5 Å². The number of carbonyl (C=O) groups is 2. The van der Waals surface area contributed by atoms with Gasteiger partial charge >= 0.3 is 5.91 Å². The van der Waals surface area contributed by atoms with Crippen LogP contribution in [0.15, 0.2) is 60.3 Å². The largest absolute Gasteiger partial charge is 0.364 e. The summed E-state index contributed by atoms with van der Waals surface area (Å²) >= 11 is 0. The molecule has 18 nitrogen and oxygen atoms in total. The van der Waals surface area contributed by atoms with E-state index in [4.69, 9.17) is 22.2 Å². The standard InChI is InChI=1S/C20H19N13O5/c1-33(6-26-30-23)17-7-4-20(22)5-8-11(9(34)2-3-25-8)14(21)13(20)15(28-37)10(7)18(35)12(16(17)29-38)19(36)27-32-31-24/h2-3,7,10,17,21H,4-6,22H2,1H3,(H,25,34)(H,27,36)/t7-,10?,17+,20+/m1/s1. The Bertz CT molecular complexity index is 1510. The SMILES string of the molecule is CN(CN=[N+]=[N-])[C@@H]1C(N=O)=C(C(=O)NN=[N+]=[N-])C(=O)C2C(N=O)=C3C(=N)c4c([nH]ccc4=O)C[C@@]3(N)C[C@H]21. The molecule has 0 saturated heterocycles. The first-order valence-corrected chi connectivity index (χ1v) is 11.0. The Balaban J connectivity index is 2.01. The van der Waals surface area contributed by atoms with E-state index in [0.717, 1.165) is 0 Å². The van der Waals surface area contributed by atoms with Gasteiger partial charge in [0.25, 0.3) is 0 Å². The second kappa shape index (κ2) is 9.79. The summed E-state index contributed by atoms with van der Waals surface area (Å²) in [7, 11) is 1.44. The molecule has 18 heteroatoms. The highest BCUT2D eigenvalue weighted by atomic mass is 16.3. The zero-order chi connectivity index (χ0) is 27.8. The van der Waals surface area contributed by atoms with Crippen LogP contribution in [0.5, 0.6) is 0 Å². The van der Waals surface area contributed by atoms with Crippen LogP contribution in [0.2, 0.25) is 0 Å². The molecule has 1 aromatic heterocycles. The minimum atomic E-state index is -1.49. The summed E-state index contributed by atoms with van der Waals surface area (Å²) in [6.07, 6.45) is 1.26. The van der Waals surface area contributed by atoms with Crippen molar-refractivity contribution in [2.24, 2.45) is 38.3 Å². The van der Waals surface area contributed by atoms with Gasteiger partial charge < -0.3 is 10.7 Å². The van der Waals surface area contributed by atoms with Gasteiger partial charge in [0.15, 0.2) is 11.2 Å². The number of carbonyl (C=O) groups excluding carboxylic acids is 2. The number of nitrogens with two attached hydrogens (primary N) is 1. The molecule has 0 saturated carbocycles. The molecular formula is C20H19N13O5. The zero-order valence-electron chi connectivity index (χ0n) is 19.7. The average Bonchev–Trinajstić information content (AvgIpc) is 2.88. The predicted molar refractivity (Wildman–Crippen MR) is 130 cm³/mol. The van der Waals surface area contributed by atoms with Crippen molar-refractivity contribution in [2.45, 2.75) is 24.4 Å². The number of hydrogen-bond donors (Lipinski definition) is 4. The van der Waals surface area contributed by atoms with E-state index in [1.54, 1.807) is 5.43 Å². The third kappa shape index (κ3) is 3.86. The van der Waals surface area contributed by atoms with Crippen molar-refractivity contribution in [3.63, 3.8) is 0 Å². The summed E-state index contributed by atoms with van der Waals surface area (Å²) in [5.41, 5.74) is 21.9. The van der Waals surface area contributed by atoms with Gasteiger partial charge in [0.05, 0.1) is 35.4 Å². The van der Waals surface area contributed by atoms with Crippen LogP contribution in [0.1, 0.15) is 17.7 Å². The van der Waals surface area contributed by atoms with Crippen LogP contribution in [0, 0.1) is 27.1 Å². The van der Waals surface area contributed by atoms with Gasteiger partial charge in [-0.2, -0.15) is 10.3 Å². The Labute approximate surface area is 211 Å². The zero-order valence-corrected chi connectivity index (χ0v) is 19.7. The fourth-order valence-corrected chi connectivity index (χ4v) is 5.72. The molecule has 0 fully saturated rings. The predicted octanol–water partition coefficient (Wildman–Crippen LogP) is 1.17. The van der Waals surface area contributed by atoms with E-state index in [1.165, 1.54) is 24.2 Å². The van der Waals surface area contributed by atoms with E-state index in [-0.39, 0.29) is 36.4 Å². The number of azide groups is 2.